The molecule has 0 bridgehead atoms. The van der Waals surface area contributed by atoms with Crippen molar-refractivity contribution in [1.29, 1.82) is 0 Å². The largest absolute Gasteiger partial charge is 0.289 e. The molecule has 1 aromatic carbocycles. The van der Waals surface area contributed by atoms with Gasteiger partial charge in [0.25, 0.3) is 0 Å². The molecule has 0 N–H and O–H groups in total. The minimum Gasteiger partial charge on any atom is -0.289 e. The lowest BCUT2D eigenvalue weighted by atomic mass is 9.75. The van der Waals surface area contributed by atoms with Gasteiger partial charge in [-0.3, -0.25) is 4.79 Å². The predicted molar refractivity (Wildman–Crippen MR) is 80.4 cm³/mol. The molecule has 0 radical (unpaired) electrons. The number of hydrogen-bond acceptors (Lipinski definition) is 1. The fourth-order valence-corrected chi connectivity index (χ4v) is 2.85. The van der Waals surface area contributed by atoms with Crippen LogP contribution in [0.4, 0.5) is 0 Å². The van der Waals surface area contributed by atoms with E-state index < -0.39 is 0 Å². The fraction of sp³-hybridized carbons (Fsp3) is 0.389. The van der Waals surface area contributed by atoms with E-state index in [2.05, 4.69) is 26.8 Å². The molecule has 19 heavy (non-hydrogen) atoms. The van der Waals surface area contributed by atoms with Crippen LogP contribution in [0.2, 0.25) is 0 Å². The number of rotatable bonds is 2. The summed E-state index contributed by atoms with van der Waals surface area (Å²) in [5, 5.41) is 0. The summed E-state index contributed by atoms with van der Waals surface area (Å²) in [5.41, 5.74) is 4.72. The molecule has 0 fully saturated rings. The number of benzene rings is 1. The van der Waals surface area contributed by atoms with Crippen LogP contribution in [0.15, 0.2) is 47.6 Å². The smallest absolute Gasteiger partial charge is 0.186 e. The van der Waals surface area contributed by atoms with E-state index in [1.54, 1.807) is 6.08 Å². The molecule has 0 atom stereocenters. The molecule has 0 saturated carbocycles. The van der Waals surface area contributed by atoms with Crippen LogP contribution in [0.3, 0.4) is 0 Å². The summed E-state index contributed by atoms with van der Waals surface area (Å²) in [5.74, 6) is 0.108. The molecule has 100 valence electrons. The van der Waals surface area contributed by atoms with Crippen molar-refractivity contribution in [2.24, 2.45) is 5.41 Å². The van der Waals surface area contributed by atoms with Crippen LogP contribution >= 0.6 is 0 Å². The third kappa shape index (κ3) is 3.66. The molecule has 0 aliphatic heterocycles. The zero-order chi connectivity index (χ0) is 14.0. The van der Waals surface area contributed by atoms with Crippen LogP contribution in [0, 0.1) is 12.3 Å². The molecule has 1 aromatic rings. The number of carbonyl (C=O) groups is 1. The van der Waals surface area contributed by atoms with Crippen LogP contribution in [0.25, 0.3) is 0 Å². The molecular weight excluding hydrogens is 232 g/mol. The number of aryl methyl sites for hydroxylation is 1. The second kappa shape index (κ2) is 5.16. The third-order valence-corrected chi connectivity index (χ3v) is 3.52. The first-order chi connectivity index (χ1) is 8.85. The molecule has 2 rings (SSSR count). The molecule has 1 aliphatic rings. The Morgan fingerprint density at radius 1 is 1.11 bits per heavy atom. The first-order valence-electron chi connectivity index (χ1n) is 6.84. The number of allylic oxidation sites excluding steroid dienone is 4. The molecule has 0 saturated heterocycles. The van der Waals surface area contributed by atoms with Crippen molar-refractivity contribution in [1.82, 2.24) is 0 Å². The first-order valence-corrected chi connectivity index (χ1v) is 6.84. The highest BCUT2D eigenvalue weighted by Crippen LogP contribution is 2.37. The Labute approximate surface area is 116 Å². The lowest BCUT2D eigenvalue weighted by Crippen LogP contribution is -2.17. The maximum atomic E-state index is 12.2. The van der Waals surface area contributed by atoms with Gasteiger partial charge in [-0.15, -0.1) is 0 Å². The van der Waals surface area contributed by atoms with Gasteiger partial charge in [0, 0.05) is 5.56 Å². The molecular formula is C18H22O. The second-order valence-electron chi connectivity index (χ2n) is 6.46. The lowest BCUT2D eigenvalue weighted by molar-refractivity contribution is 0.104. The summed E-state index contributed by atoms with van der Waals surface area (Å²) in [6, 6.07) is 7.77. The number of carbonyl (C=O) groups excluding carboxylic acids is 1. The Balaban J connectivity index is 2.24. The van der Waals surface area contributed by atoms with Gasteiger partial charge in [0.2, 0.25) is 0 Å². The minimum atomic E-state index is 0.108. The SMILES string of the molecule is CC1=C/C(=C\C(=O)c2ccc(C)cc2)CC(C)(C)C1. The normalized spacial score (nSPS) is 20.2. The van der Waals surface area contributed by atoms with Gasteiger partial charge in [0.15, 0.2) is 5.78 Å². The van der Waals surface area contributed by atoms with E-state index in [-0.39, 0.29) is 11.2 Å². The van der Waals surface area contributed by atoms with E-state index in [1.807, 2.05) is 31.2 Å². The predicted octanol–water partition coefficient (Wildman–Crippen LogP) is 4.87. The summed E-state index contributed by atoms with van der Waals surface area (Å²) < 4.78 is 0. The average molecular weight is 254 g/mol. The molecule has 0 spiro atoms. The average Bonchev–Trinajstić information content (AvgIpc) is 2.26. The maximum Gasteiger partial charge on any atom is 0.186 e. The monoisotopic (exact) mass is 254 g/mol. The van der Waals surface area contributed by atoms with E-state index in [1.165, 1.54) is 11.1 Å². The Morgan fingerprint density at radius 3 is 2.32 bits per heavy atom. The Morgan fingerprint density at radius 2 is 1.74 bits per heavy atom. The van der Waals surface area contributed by atoms with Gasteiger partial charge < -0.3 is 0 Å². The summed E-state index contributed by atoms with van der Waals surface area (Å²) in [4.78, 5) is 12.2. The van der Waals surface area contributed by atoms with E-state index in [0.717, 1.165) is 24.0 Å². The molecule has 0 amide bonds. The van der Waals surface area contributed by atoms with Gasteiger partial charge >= 0.3 is 0 Å². The topological polar surface area (TPSA) is 17.1 Å². The van der Waals surface area contributed by atoms with Crippen molar-refractivity contribution >= 4 is 5.78 Å². The van der Waals surface area contributed by atoms with Crippen molar-refractivity contribution in [3.05, 3.63) is 58.7 Å². The van der Waals surface area contributed by atoms with Gasteiger partial charge in [-0.2, -0.15) is 0 Å². The molecule has 1 nitrogen and oxygen atoms in total. The lowest BCUT2D eigenvalue weighted by Gasteiger charge is -2.30. The number of hydrogen-bond donors (Lipinski definition) is 0. The quantitative estimate of drug-likeness (QED) is 0.543. The van der Waals surface area contributed by atoms with E-state index in [4.69, 9.17) is 0 Å². The van der Waals surface area contributed by atoms with E-state index in [0.29, 0.717) is 0 Å². The minimum absolute atomic E-state index is 0.108. The summed E-state index contributed by atoms with van der Waals surface area (Å²) in [6.45, 7) is 8.69. The second-order valence-corrected chi connectivity index (χ2v) is 6.46. The highest BCUT2D eigenvalue weighted by Gasteiger charge is 2.24. The summed E-state index contributed by atoms with van der Waals surface area (Å²) in [6.07, 6.45) is 6.05. The van der Waals surface area contributed by atoms with Gasteiger partial charge in [-0.25, -0.2) is 0 Å². The van der Waals surface area contributed by atoms with Gasteiger partial charge in [-0.05, 0) is 43.8 Å². The zero-order valence-electron chi connectivity index (χ0n) is 12.3. The Kier molecular flexibility index (Phi) is 3.75. The van der Waals surface area contributed by atoms with Gasteiger partial charge in [-0.1, -0.05) is 55.3 Å². The van der Waals surface area contributed by atoms with Crippen molar-refractivity contribution in [3.63, 3.8) is 0 Å². The standard InChI is InChI=1S/C18H22O/c1-13-5-7-16(8-6-13)17(19)10-15-9-14(2)11-18(3,4)12-15/h5-10H,11-12H2,1-4H3/b15-10+. The van der Waals surface area contributed by atoms with Crippen LogP contribution in [0.1, 0.15) is 49.5 Å². The van der Waals surface area contributed by atoms with E-state index in [9.17, 15) is 4.79 Å². The molecule has 1 heteroatoms. The Hall–Kier alpha value is -1.63. The van der Waals surface area contributed by atoms with Crippen LogP contribution in [-0.4, -0.2) is 5.78 Å². The van der Waals surface area contributed by atoms with Crippen LogP contribution < -0.4 is 0 Å². The summed E-state index contributed by atoms with van der Waals surface area (Å²) in [7, 11) is 0. The fourth-order valence-electron chi connectivity index (χ4n) is 2.85. The van der Waals surface area contributed by atoms with Crippen molar-refractivity contribution in [2.75, 3.05) is 0 Å². The van der Waals surface area contributed by atoms with Gasteiger partial charge in [0.1, 0.15) is 0 Å². The van der Waals surface area contributed by atoms with Crippen molar-refractivity contribution in [2.45, 2.75) is 40.5 Å². The number of ketones is 1. The zero-order valence-corrected chi connectivity index (χ0v) is 12.3. The third-order valence-electron chi connectivity index (χ3n) is 3.52. The van der Waals surface area contributed by atoms with Gasteiger partial charge in [0.05, 0.1) is 0 Å². The molecule has 1 aliphatic carbocycles. The van der Waals surface area contributed by atoms with Crippen molar-refractivity contribution in [3.8, 4) is 0 Å². The first kappa shape index (κ1) is 13.8. The maximum absolute atomic E-state index is 12.2. The molecule has 0 aromatic heterocycles. The van der Waals surface area contributed by atoms with Crippen LogP contribution in [-0.2, 0) is 0 Å². The van der Waals surface area contributed by atoms with Crippen LogP contribution in [0.5, 0.6) is 0 Å². The van der Waals surface area contributed by atoms with E-state index >= 15 is 0 Å². The Bertz CT molecular complexity index is 542. The molecule has 0 unspecified atom stereocenters. The van der Waals surface area contributed by atoms with Crippen molar-refractivity contribution < 1.29 is 4.79 Å². The molecule has 0 heterocycles. The highest BCUT2D eigenvalue weighted by molar-refractivity contribution is 6.05. The summed E-state index contributed by atoms with van der Waals surface area (Å²) >= 11 is 0. The highest BCUT2D eigenvalue weighted by atomic mass is 16.1.